The summed E-state index contributed by atoms with van der Waals surface area (Å²) in [5.41, 5.74) is -0.244. The van der Waals surface area contributed by atoms with E-state index in [-0.39, 0.29) is 5.54 Å². The molecule has 0 spiro atoms. The maximum Gasteiger partial charge on any atom is 0.140 e. The molecule has 0 radical (unpaired) electrons. The first kappa shape index (κ1) is 12.6. The molecule has 0 bridgehead atoms. The Bertz CT molecular complexity index is 126. The molecule has 2 nitrogen and oxygen atoms in total. The van der Waals surface area contributed by atoms with Gasteiger partial charge in [-0.25, -0.2) is 0 Å². The van der Waals surface area contributed by atoms with Crippen molar-refractivity contribution in [2.75, 3.05) is 7.05 Å². The van der Waals surface area contributed by atoms with Crippen LogP contribution in [-0.4, -0.2) is 18.9 Å². The third-order valence-corrected chi connectivity index (χ3v) is 2.68. The number of carbonyl (C=O) groups excluding carboxylic acids is 1. The lowest BCUT2D eigenvalue weighted by molar-refractivity contribution is -0.113. The van der Waals surface area contributed by atoms with Gasteiger partial charge in [0.05, 0.1) is 5.54 Å². The van der Waals surface area contributed by atoms with Crippen LogP contribution in [0.1, 0.15) is 52.4 Å². The predicted molar refractivity (Wildman–Crippen MR) is 56.9 cm³/mol. The number of unbranched alkanes of at least 4 members (excludes halogenated alkanes) is 2. The maximum absolute atomic E-state index is 11.0. The summed E-state index contributed by atoms with van der Waals surface area (Å²) in [4.78, 5) is 11.0. The summed E-state index contributed by atoms with van der Waals surface area (Å²) in [6, 6.07) is 0. The van der Waals surface area contributed by atoms with Crippen LogP contribution < -0.4 is 5.32 Å². The van der Waals surface area contributed by atoms with Crippen molar-refractivity contribution >= 4 is 6.29 Å². The van der Waals surface area contributed by atoms with Crippen molar-refractivity contribution in [1.29, 1.82) is 0 Å². The molecular formula is C11H23NO. The van der Waals surface area contributed by atoms with Crippen molar-refractivity contribution in [1.82, 2.24) is 5.32 Å². The van der Waals surface area contributed by atoms with Gasteiger partial charge in [-0.15, -0.1) is 0 Å². The lowest BCUT2D eigenvalue weighted by Gasteiger charge is -2.27. The van der Waals surface area contributed by atoms with Crippen molar-refractivity contribution in [2.24, 2.45) is 0 Å². The van der Waals surface area contributed by atoms with Gasteiger partial charge in [0.15, 0.2) is 0 Å². The minimum Gasteiger partial charge on any atom is -0.308 e. The van der Waals surface area contributed by atoms with Gasteiger partial charge < -0.3 is 10.1 Å². The van der Waals surface area contributed by atoms with E-state index in [0.717, 1.165) is 44.8 Å². The number of aldehydes is 1. The smallest absolute Gasteiger partial charge is 0.140 e. The molecule has 0 aliphatic carbocycles. The molecule has 0 fully saturated rings. The summed E-state index contributed by atoms with van der Waals surface area (Å²) in [5, 5.41) is 3.17. The zero-order chi connectivity index (χ0) is 10.2. The summed E-state index contributed by atoms with van der Waals surface area (Å²) >= 11 is 0. The van der Waals surface area contributed by atoms with E-state index in [9.17, 15) is 4.79 Å². The second kappa shape index (κ2) is 7.07. The van der Waals surface area contributed by atoms with E-state index in [4.69, 9.17) is 0 Å². The zero-order valence-corrected chi connectivity index (χ0v) is 9.23. The fraction of sp³-hybridized carbons (Fsp3) is 0.909. The summed E-state index contributed by atoms with van der Waals surface area (Å²) < 4.78 is 0. The molecule has 13 heavy (non-hydrogen) atoms. The Morgan fingerprint density at radius 2 is 1.62 bits per heavy atom. The van der Waals surface area contributed by atoms with Gasteiger partial charge in [-0.1, -0.05) is 39.5 Å². The molecule has 0 unspecified atom stereocenters. The van der Waals surface area contributed by atoms with Crippen molar-refractivity contribution in [3.05, 3.63) is 0 Å². The number of carbonyl (C=O) groups is 1. The summed E-state index contributed by atoms with van der Waals surface area (Å²) in [6.45, 7) is 4.32. The first-order valence-electron chi connectivity index (χ1n) is 5.40. The number of hydrogen-bond donors (Lipinski definition) is 1. The zero-order valence-electron chi connectivity index (χ0n) is 9.23. The molecule has 0 rings (SSSR count). The first-order valence-corrected chi connectivity index (χ1v) is 5.40. The van der Waals surface area contributed by atoms with Crippen LogP contribution in [0.15, 0.2) is 0 Å². The molecule has 0 heterocycles. The van der Waals surface area contributed by atoms with Crippen LogP contribution in [0.4, 0.5) is 0 Å². The molecule has 78 valence electrons. The highest BCUT2D eigenvalue weighted by Crippen LogP contribution is 2.18. The van der Waals surface area contributed by atoms with Crippen LogP contribution in [-0.2, 0) is 4.79 Å². The summed E-state index contributed by atoms with van der Waals surface area (Å²) in [5.74, 6) is 0. The van der Waals surface area contributed by atoms with Crippen LogP contribution in [0.5, 0.6) is 0 Å². The quantitative estimate of drug-likeness (QED) is 0.589. The minimum absolute atomic E-state index is 0.244. The Labute approximate surface area is 82.1 Å². The van der Waals surface area contributed by atoms with Crippen molar-refractivity contribution in [3.8, 4) is 0 Å². The first-order chi connectivity index (χ1) is 6.24. The highest BCUT2D eigenvalue weighted by molar-refractivity contribution is 5.64. The average molecular weight is 185 g/mol. The predicted octanol–water partition coefficient (Wildman–Crippen LogP) is 2.52. The van der Waals surface area contributed by atoms with E-state index in [1.807, 2.05) is 7.05 Å². The van der Waals surface area contributed by atoms with Crippen LogP contribution in [0.2, 0.25) is 0 Å². The van der Waals surface area contributed by atoms with Crippen molar-refractivity contribution in [2.45, 2.75) is 57.9 Å². The second-order valence-corrected chi connectivity index (χ2v) is 3.73. The molecule has 0 amide bonds. The summed E-state index contributed by atoms with van der Waals surface area (Å²) in [6.07, 6.45) is 7.62. The van der Waals surface area contributed by atoms with E-state index in [1.54, 1.807) is 0 Å². The number of nitrogens with one attached hydrogen (secondary N) is 1. The van der Waals surface area contributed by atoms with E-state index in [1.165, 1.54) is 0 Å². The number of hydrogen-bond acceptors (Lipinski definition) is 2. The Kier molecular flexibility index (Phi) is 6.87. The lowest BCUT2D eigenvalue weighted by atomic mass is 9.89. The van der Waals surface area contributed by atoms with Crippen molar-refractivity contribution < 1.29 is 4.79 Å². The fourth-order valence-corrected chi connectivity index (χ4v) is 1.54. The Morgan fingerprint density at radius 3 is 1.85 bits per heavy atom. The highest BCUT2D eigenvalue weighted by atomic mass is 16.1. The molecule has 0 aromatic rings. The number of rotatable bonds is 8. The van der Waals surface area contributed by atoms with Crippen LogP contribution in [0, 0.1) is 0 Å². The third kappa shape index (κ3) is 4.41. The SMILES string of the molecule is CCCCC(C=O)(CCCC)NC. The van der Waals surface area contributed by atoms with Crippen molar-refractivity contribution in [3.63, 3.8) is 0 Å². The van der Waals surface area contributed by atoms with Gasteiger partial charge in [-0.2, -0.15) is 0 Å². The monoisotopic (exact) mass is 185 g/mol. The molecule has 0 saturated carbocycles. The lowest BCUT2D eigenvalue weighted by Crippen LogP contribution is -2.44. The molecule has 0 aliphatic heterocycles. The standard InChI is InChI=1S/C11H23NO/c1-4-6-8-11(10-13,12-3)9-7-5-2/h10,12H,4-9H2,1-3H3. The molecule has 0 atom stereocenters. The maximum atomic E-state index is 11.0. The van der Waals surface area contributed by atoms with E-state index in [2.05, 4.69) is 19.2 Å². The fourth-order valence-electron chi connectivity index (χ4n) is 1.54. The topological polar surface area (TPSA) is 29.1 Å². The minimum atomic E-state index is -0.244. The third-order valence-electron chi connectivity index (χ3n) is 2.68. The van der Waals surface area contributed by atoms with Gasteiger partial charge in [-0.3, -0.25) is 0 Å². The van der Waals surface area contributed by atoms with Gasteiger partial charge in [0.2, 0.25) is 0 Å². The molecular weight excluding hydrogens is 162 g/mol. The van der Waals surface area contributed by atoms with Crippen LogP contribution in [0.3, 0.4) is 0 Å². The van der Waals surface area contributed by atoms with E-state index in [0.29, 0.717) is 0 Å². The molecule has 2 heteroatoms. The van der Waals surface area contributed by atoms with E-state index >= 15 is 0 Å². The van der Waals surface area contributed by atoms with Gasteiger partial charge in [0.25, 0.3) is 0 Å². The second-order valence-electron chi connectivity index (χ2n) is 3.73. The van der Waals surface area contributed by atoms with Gasteiger partial charge in [0.1, 0.15) is 6.29 Å². The Morgan fingerprint density at radius 1 is 1.15 bits per heavy atom. The highest BCUT2D eigenvalue weighted by Gasteiger charge is 2.25. The largest absolute Gasteiger partial charge is 0.308 e. The Hall–Kier alpha value is -0.370. The molecule has 0 aromatic carbocycles. The van der Waals surface area contributed by atoms with Gasteiger partial charge in [-0.05, 0) is 19.9 Å². The summed E-state index contributed by atoms with van der Waals surface area (Å²) in [7, 11) is 1.89. The molecule has 0 aromatic heterocycles. The number of likely N-dealkylation sites (N-methyl/N-ethyl adjacent to an activating group) is 1. The van der Waals surface area contributed by atoms with Crippen LogP contribution in [0.25, 0.3) is 0 Å². The molecule has 0 saturated heterocycles. The van der Waals surface area contributed by atoms with E-state index < -0.39 is 0 Å². The van der Waals surface area contributed by atoms with Gasteiger partial charge >= 0.3 is 0 Å². The van der Waals surface area contributed by atoms with Gasteiger partial charge in [0, 0.05) is 0 Å². The molecule has 1 N–H and O–H groups in total. The normalized spacial score (nSPS) is 11.6. The van der Waals surface area contributed by atoms with Crippen LogP contribution >= 0.6 is 0 Å². The molecule has 0 aliphatic rings. The average Bonchev–Trinajstić information content (AvgIpc) is 2.20. The Balaban J connectivity index is 4.04.